The van der Waals surface area contributed by atoms with Crippen LogP contribution in [-0.4, -0.2) is 27.4 Å². The van der Waals surface area contributed by atoms with Crippen LogP contribution in [0.3, 0.4) is 0 Å². The fraction of sp³-hybridized carbons (Fsp3) is 0.273. The molecule has 0 bridgehead atoms. The molecule has 0 saturated carbocycles. The van der Waals surface area contributed by atoms with Crippen LogP contribution in [0.1, 0.15) is 24.8 Å². The van der Waals surface area contributed by atoms with Crippen molar-refractivity contribution in [1.82, 2.24) is 14.9 Å². The molecule has 0 spiro atoms. The molecule has 1 unspecified atom stereocenters. The van der Waals surface area contributed by atoms with Crippen molar-refractivity contribution >= 4 is 28.4 Å². The van der Waals surface area contributed by atoms with Crippen LogP contribution in [0, 0.1) is 0 Å². The molecule has 1 aromatic heterocycles. The summed E-state index contributed by atoms with van der Waals surface area (Å²) in [4.78, 5) is 41.2. The Kier molecular flexibility index (Phi) is 5.45. The van der Waals surface area contributed by atoms with Crippen molar-refractivity contribution in [3.05, 3.63) is 58.4 Å². The Morgan fingerprint density at radius 2 is 1.97 bits per heavy atom. The molecule has 1 aliphatic rings. The molecule has 1 atom stereocenters. The van der Waals surface area contributed by atoms with Gasteiger partial charge < -0.3 is 10.6 Å². The van der Waals surface area contributed by atoms with Gasteiger partial charge in [0.2, 0.25) is 11.8 Å². The highest BCUT2D eigenvalue weighted by molar-refractivity contribution is 6.00. The topological polar surface area (TPSA) is 93.1 Å². The molecule has 10 heteroatoms. The lowest BCUT2D eigenvalue weighted by molar-refractivity contribution is -0.137. The molecule has 0 radical (unpaired) electrons. The van der Waals surface area contributed by atoms with E-state index in [0.717, 1.165) is 12.1 Å². The van der Waals surface area contributed by atoms with Crippen LogP contribution in [0.15, 0.2) is 47.3 Å². The minimum atomic E-state index is -4.54. The Hall–Kier alpha value is -3.69. The number of aromatic nitrogens is 2. The van der Waals surface area contributed by atoms with Crippen molar-refractivity contribution in [2.24, 2.45) is 7.05 Å². The lowest BCUT2D eigenvalue weighted by Gasteiger charge is -2.15. The summed E-state index contributed by atoms with van der Waals surface area (Å²) in [6.07, 6.45) is -3.56. The van der Waals surface area contributed by atoms with Crippen molar-refractivity contribution in [3.63, 3.8) is 0 Å². The van der Waals surface area contributed by atoms with E-state index >= 15 is 0 Å². The van der Waals surface area contributed by atoms with Gasteiger partial charge in [0.15, 0.2) is 0 Å². The number of hydrogen-bond acceptors (Lipinski definition) is 4. The first-order chi connectivity index (χ1) is 15.1. The van der Waals surface area contributed by atoms with Gasteiger partial charge >= 0.3 is 6.18 Å². The van der Waals surface area contributed by atoms with Gasteiger partial charge in [0.25, 0.3) is 5.56 Å². The maximum atomic E-state index is 13.2. The maximum absolute atomic E-state index is 13.2. The number of carbonyl (C=O) groups is 2. The second-order valence-electron chi connectivity index (χ2n) is 7.64. The van der Waals surface area contributed by atoms with Gasteiger partial charge in [0, 0.05) is 31.5 Å². The second kappa shape index (κ2) is 8.10. The van der Waals surface area contributed by atoms with Crippen LogP contribution < -0.4 is 16.2 Å². The summed E-state index contributed by atoms with van der Waals surface area (Å²) >= 11 is 0. The Balaban J connectivity index is 1.74. The van der Waals surface area contributed by atoms with Crippen molar-refractivity contribution in [2.75, 3.05) is 5.32 Å². The summed E-state index contributed by atoms with van der Waals surface area (Å²) in [5, 5.41) is 5.64. The molecule has 166 valence electrons. The van der Waals surface area contributed by atoms with Crippen molar-refractivity contribution in [2.45, 2.75) is 31.5 Å². The summed E-state index contributed by atoms with van der Waals surface area (Å²) in [5.74, 6) is -0.435. The van der Waals surface area contributed by atoms with E-state index < -0.39 is 17.3 Å². The fourth-order valence-electron chi connectivity index (χ4n) is 3.74. The average molecular weight is 444 g/mol. The molecule has 1 fully saturated rings. The summed E-state index contributed by atoms with van der Waals surface area (Å²) < 4.78 is 40.6. The van der Waals surface area contributed by atoms with Crippen molar-refractivity contribution in [1.29, 1.82) is 0 Å². The number of hydrogen-bond donors (Lipinski definition) is 2. The van der Waals surface area contributed by atoms with E-state index in [-0.39, 0.29) is 52.3 Å². The Labute approximate surface area is 180 Å². The monoisotopic (exact) mass is 444 g/mol. The normalized spacial score (nSPS) is 16.2. The maximum Gasteiger partial charge on any atom is 0.416 e. The first-order valence-electron chi connectivity index (χ1n) is 9.90. The summed E-state index contributed by atoms with van der Waals surface area (Å²) in [5.41, 5.74) is -0.753. The van der Waals surface area contributed by atoms with Gasteiger partial charge in [-0.3, -0.25) is 19.0 Å². The predicted octanol–water partition coefficient (Wildman–Crippen LogP) is 3.23. The van der Waals surface area contributed by atoms with Gasteiger partial charge in [-0.1, -0.05) is 18.2 Å². The number of halogens is 3. The molecule has 32 heavy (non-hydrogen) atoms. The Morgan fingerprint density at radius 3 is 2.66 bits per heavy atom. The molecule has 1 saturated heterocycles. The van der Waals surface area contributed by atoms with E-state index in [2.05, 4.69) is 15.6 Å². The zero-order valence-corrected chi connectivity index (χ0v) is 17.0. The predicted molar refractivity (Wildman–Crippen MR) is 112 cm³/mol. The van der Waals surface area contributed by atoms with E-state index in [9.17, 15) is 27.6 Å². The molecular weight excluding hydrogens is 425 g/mol. The fourth-order valence-corrected chi connectivity index (χ4v) is 3.74. The summed E-state index contributed by atoms with van der Waals surface area (Å²) in [6.45, 7) is 0. The molecule has 2 heterocycles. The highest BCUT2D eigenvalue weighted by Crippen LogP contribution is 2.32. The molecule has 3 aromatic rings. The van der Waals surface area contributed by atoms with Gasteiger partial charge in [-0.25, -0.2) is 4.98 Å². The summed E-state index contributed by atoms with van der Waals surface area (Å²) in [6, 6.07) is 8.98. The van der Waals surface area contributed by atoms with Crippen molar-refractivity contribution in [3.8, 4) is 11.4 Å². The quantitative estimate of drug-likeness (QED) is 0.646. The van der Waals surface area contributed by atoms with Gasteiger partial charge in [0.05, 0.1) is 16.6 Å². The Morgan fingerprint density at radius 1 is 1.22 bits per heavy atom. The van der Waals surface area contributed by atoms with Gasteiger partial charge in [0.1, 0.15) is 11.3 Å². The molecule has 4 rings (SSSR count). The highest BCUT2D eigenvalue weighted by atomic mass is 19.4. The third-order valence-electron chi connectivity index (χ3n) is 5.35. The number of fused-ring (bicyclic) bond motifs is 1. The van der Waals surface area contributed by atoms with Crippen LogP contribution in [0.4, 0.5) is 18.9 Å². The lowest BCUT2D eigenvalue weighted by atomic mass is 10.1. The van der Waals surface area contributed by atoms with Crippen LogP contribution in [0.5, 0.6) is 0 Å². The van der Waals surface area contributed by atoms with Crippen LogP contribution in [-0.2, 0) is 22.8 Å². The van der Waals surface area contributed by atoms with E-state index in [1.165, 1.54) is 29.8 Å². The molecule has 2 amide bonds. The van der Waals surface area contributed by atoms with E-state index in [1.54, 1.807) is 12.1 Å². The minimum absolute atomic E-state index is 0.0401. The molecule has 2 aromatic carbocycles. The molecule has 0 aliphatic carbocycles. The summed E-state index contributed by atoms with van der Waals surface area (Å²) in [7, 11) is 1.43. The Bertz CT molecular complexity index is 1280. The number of nitrogens with zero attached hydrogens (tertiary/aromatic N) is 2. The molecule has 2 N–H and O–H groups in total. The zero-order chi connectivity index (χ0) is 23.0. The van der Waals surface area contributed by atoms with E-state index in [0.29, 0.717) is 12.8 Å². The lowest BCUT2D eigenvalue weighted by Crippen LogP contribution is -2.30. The minimum Gasteiger partial charge on any atom is -0.353 e. The zero-order valence-electron chi connectivity index (χ0n) is 17.0. The third kappa shape index (κ3) is 4.20. The smallest absolute Gasteiger partial charge is 0.353 e. The number of alkyl halides is 3. The number of rotatable bonds is 4. The van der Waals surface area contributed by atoms with E-state index in [1.807, 2.05) is 0 Å². The van der Waals surface area contributed by atoms with E-state index in [4.69, 9.17) is 0 Å². The van der Waals surface area contributed by atoms with Crippen LogP contribution in [0.25, 0.3) is 22.3 Å². The van der Waals surface area contributed by atoms with Gasteiger partial charge in [-0.2, -0.15) is 13.2 Å². The first-order valence-corrected chi connectivity index (χ1v) is 9.90. The van der Waals surface area contributed by atoms with Gasteiger partial charge in [-0.15, -0.1) is 0 Å². The number of amides is 2. The average Bonchev–Trinajstić information content (AvgIpc) is 3.14. The van der Waals surface area contributed by atoms with Crippen molar-refractivity contribution < 1.29 is 22.8 Å². The largest absolute Gasteiger partial charge is 0.416 e. The third-order valence-corrected chi connectivity index (χ3v) is 5.35. The molecule has 7 nitrogen and oxygen atoms in total. The number of nitrogens with one attached hydrogen (secondary N) is 2. The van der Waals surface area contributed by atoms with Crippen LogP contribution in [0.2, 0.25) is 0 Å². The standard InChI is InChI=1S/C22H19F3N4O3/c1-29-20(12-4-2-5-13(10-12)22(23,24)25)28-19-15(21(29)32)6-3-7-16(19)27-18(31)11-14-8-9-17(30)26-14/h2-7,10,14H,8-9,11H2,1H3,(H,26,30)(H,27,31). The SMILES string of the molecule is Cn1c(-c2cccc(C(F)(F)F)c2)nc2c(NC(=O)CC3CCC(=O)N3)cccc2c1=O. The molecule has 1 aliphatic heterocycles. The number of benzene rings is 2. The highest BCUT2D eigenvalue weighted by Gasteiger charge is 2.31. The number of anilines is 1. The number of carbonyl (C=O) groups excluding carboxylic acids is 2. The second-order valence-corrected chi connectivity index (χ2v) is 7.64. The van der Waals surface area contributed by atoms with Crippen LogP contribution >= 0.6 is 0 Å². The molecular formula is C22H19F3N4O3. The number of para-hydroxylation sites is 1. The first kappa shape index (κ1) is 21.5. The van der Waals surface area contributed by atoms with Gasteiger partial charge in [-0.05, 0) is 30.7 Å².